The number of rotatable bonds is 10. The molecule has 1 amide bonds. The molecular weight excluding hydrogens is 348 g/mol. The third kappa shape index (κ3) is 7.99. The zero-order chi connectivity index (χ0) is 18.9. The van der Waals surface area contributed by atoms with Crippen molar-refractivity contribution in [1.29, 1.82) is 0 Å². The zero-order valence-electron chi connectivity index (χ0n) is 14.6. The minimum Gasteiger partial charge on any atom is -0.497 e. The van der Waals surface area contributed by atoms with Crippen molar-refractivity contribution in [2.45, 2.75) is 32.7 Å². The van der Waals surface area contributed by atoms with Crippen molar-refractivity contribution >= 4 is 27.6 Å². The fraction of sp³-hybridized carbons (Fsp3) is 0.500. The molecule has 0 aromatic heterocycles. The van der Waals surface area contributed by atoms with Gasteiger partial charge in [-0.2, -0.15) is 0 Å². The largest absolute Gasteiger partial charge is 0.497 e. The molecular formula is C16H24N2O6S. The summed E-state index contributed by atoms with van der Waals surface area (Å²) in [7, 11) is -2.04. The van der Waals surface area contributed by atoms with Gasteiger partial charge in [-0.3, -0.25) is 9.59 Å². The molecule has 1 aromatic carbocycles. The predicted molar refractivity (Wildman–Crippen MR) is 93.9 cm³/mol. The number of benzene rings is 1. The van der Waals surface area contributed by atoms with E-state index in [1.165, 1.54) is 14.0 Å². The molecule has 8 nitrogen and oxygen atoms in total. The van der Waals surface area contributed by atoms with E-state index >= 15 is 0 Å². The van der Waals surface area contributed by atoms with Crippen LogP contribution in [0.1, 0.15) is 26.7 Å². The van der Waals surface area contributed by atoms with E-state index in [2.05, 4.69) is 10.0 Å². The number of sulfonamides is 1. The summed E-state index contributed by atoms with van der Waals surface area (Å²) in [6, 6.07) is 5.64. The second-order valence-corrected chi connectivity index (χ2v) is 7.27. The fourth-order valence-corrected chi connectivity index (χ4v) is 3.29. The van der Waals surface area contributed by atoms with Gasteiger partial charge in [-0.15, -0.1) is 0 Å². The van der Waals surface area contributed by atoms with Gasteiger partial charge in [0.2, 0.25) is 10.0 Å². The highest BCUT2D eigenvalue weighted by atomic mass is 32.2. The lowest BCUT2D eigenvalue weighted by molar-refractivity contribution is -0.148. The number of ether oxygens (including phenoxy) is 2. The summed E-state index contributed by atoms with van der Waals surface area (Å²) in [5.41, 5.74) is 0.494. The Morgan fingerprint density at radius 3 is 2.64 bits per heavy atom. The Kier molecular flexibility index (Phi) is 8.36. The van der Waals surface area contributed by atoms with Gasteiger partial charge in [-0.1, -0.05) is 19.4 Å². The van der Waals surface area contributed by atoms with Crippen LogP contribution < -0.4 is 14.8 Å². The molecule has 1 atom stereocenters. The van der Waals surface area contributed by atoms with E-state index in [1.807, 2.05) is 6.92 Å². The molecule has 0 radical (unpaired) electrons. The predicted octanol–water partition coefficient (Wildman–Crippen LogP) is 1.28. The summed E-state index contributed by atoms with van der Waals surface area (Å²) in [5.74, 6) is -0.842. The molecule has 1 aromatic rings. The molecule has 0 aliphatic rings. The van der Waals surface area contributed by atoms with Crippen molar-refractivity contribution in [1.82, 2.24) is 4.72 Å². The van der Waals surface area contributed by atoms with Gasteiger partial charge in [0, 0.05) is 11.8 Å². The summed E-state index contributed by atoms with van der Waals surface area (Å²) < 4.78 is 35.6. The molecule has 9 heteroatoms. The van der Waals surface area contributed by atoms with E-state index in [0.29, 0.717) is 17.9 Å². The Morgan fingerprint density at radius 1 is 1.28 bits per heavy atom. The first-order chi connectivity index (χ1) is 11.8. The van der Waals surface area contributed by atoms with Crippen LogP contribution in [0.5, 0.6) is 5.75 Å². The van der Waals surface area contributed by atoms with Crippen LogP contribution in [-0.2, 0) is 24.3 Å². The van der Waals surface area contributed by atoms with Gasteiger partial charge < -0.3 is 14.8 Å². The number of hydrogen-bond acceptors (Lipinski definition) is 6. The third-order valence-electron chi connectivity index (χ3n) is 3.18. The van der Waals surface area contributed by atoms with Crippen LogP contribution in [0.3, 0.4) is 0 Å². The summed E-state index contributed by atoms with van der Waals surface area (Å²) >= 11 is 0. The van der Waals surface area contributed by atoms with E-state index in [1.54, 1.807) is 24.3 Å². The Balaban J connectivity index is 2.45. The molecule has 0 aliphatic heterocycles. The quantitative estimate of drug-likeness (QED) is 0.599. The van der Waals surface area contributed by atoms with Gasteiger partial charge in [0.05, 0.1) is 12.9 Å². The van der Waals surface area contributed by atoms with Gasteiger partial charge >= 0.3 is 5.97 Å². The molecule has 0 saturated carbocycles. The first kappa shape index (κ1) is 20.9. The number of nitrogens with one attached hydrogen (secondary N) is 2. The zero-order valence-corrected chi connectivity index (χ0v) is 15.4. The average Bonchev–Trinajstić information content (AvgIpc) is 2.57. The Hall–Kier alpha value is -2.13. The number of methoxy groups -OCH3 is 1. The van der Waals surface area contributed by atoms with E-state index in [0.717, 1.165) is 6.42 Å². The molecule has 0 aliphatic carbocycles. The maximum Gasteiger partial charge on any atom is 0.324 e. The van der Waals surface area contributed by atoms with E-state index < -0.39 is 34.5 Å². The number of unbranched alkanes of at least 4 members (excludes halogenated alkanes) is 1. The first-order valence-electron chi connectivity index (χ1n) is 7.88. The van der Waals surface area contributed by atoms with Crippen LogP contribution in [0.25, 0.3) is 0 Å². The number of amides is 1. The van der Waals surface area contributed by atoms with Crippen molar-refractivity contribution in [2.75, 3.05) is 24.8 Å². The molecule has 0 bridgehead atoms. The standard InChI is InChI=1S/C16H24N2O6S/c1-4-5-9-25(21,22)18-12(2)16(20)24-11-15(19)17-13-7-6-8-14(10-13)23-3/h6-8,10,12,18H,4-5,9,11H2,1-3H3,(H,17,19)/t12-/m0/s1. The molecule has 0 heterocycles. The van der Waals surface area contributed by atoms with E-state index in [-0.39, 0.29) is 5.75 Å². The van der Waals surface area contributed by atoms with Crippen molar-refractivity contribution in [3.8, 4) is 5.75 Å². The minimum absolute atomic E-state index is 0.0581. The monoisotopic (exact) mass is 372 g/mol. The fourth-order valence-electron chi connectivity index (χ4n) is 1.87. The maximum absolute atomic E-state index is 11.8. The summed E-state index contributed by atoms with van der Waals surface area (Å²) in [6.07, 6.45) is 1.23. The Morgan fingerprint density at radius 2 is 2.00 bits per heavy atom. The van der Waals surface area contributed by atoms with Crippen molar-refractivity contribution in [2.24, 2.45) is 0 Å². The topological polar surface area (TPSA) is 111 Å². The van der Waals surface area contributed by atoms with Crippen LogP contribution in [0.15, 0.2) is 24.3 Å². The van der Waals surface area contributed by atoms with Gasteiger partial charge in [0.25, 0.3) is 5.91 Å². The van der Waals surface area contributed by atoms with Gasteiger partial charge in [-0.25, -0.2) is 13.1 Å². The van der Waals surface area contributed by atoms with E-state index in [9.17, 15) is 18.0 Å². The second kappa shape index (κ2) is 10.00. The molecule has 0 fully saturated rings. The van der Waals surface area contributed by atoms with Crippen LogP contribution in [-0.4, -0.2) is 45.8 Å². The normalized spacial score (nSPS) is 12.3. The lowest BCUT2D eigenvalue weighted by Gasteiger charge is -2.13. The number of hydrogen-bond donors (Lipinski definition) is 2. The summed E-state index contributed by atoms with van der Waals surface area (Å²) in [5, 5.41) is 2.55. The number of esters is 1. The average molecular weight is 372 g/mol. The Labute approximate surface area is 147 Å². The maximum atomic E-state index is 11.8. The highest BCUT2D eigenvalue weighted by Crippen LogP contribution is 2.16. The minimum atomic E-state index is -3.55. The SMILES string of the molecule is CCCCS(=O)(=O)N[C@@H](C)C(=O)OCC(=O)Nc1cccc(OC)c1. The van der Waals surface area contributed by atoms with Crippen LogP contribution >= 0.6 is 0 Å². The van der Waals surface area contributed by atoms with Gasteiger partial charge in [-0.05, 0) is 25.5 Å². The second-order valence-electron chi connectivity index (χ2n) is 5.40. The summed E-state index contributed by atoms with van der Waals surface area (Å²) in [6.45, 7) is 2.72. The highest BCUT2D eigenvalue weighted by molar-refractivity contribution is 7.89. The molecule has 140 valence electrons. The van der Waals surface area contributed by atoms with Crippen molar-refractivity contribution < 1.29 is 27.5 Å². The van der Waals surface area contributed by atoms with Crippen molar-refractivity contribution in [3.63, 3.8) is 0 Å². The Bertz CT molecular complexity index is 690. The van der Waals surface area contributed by atoms with Crippen LogP contribution in [0.2, 0.25) is 0 Å². The molecule has 0 spiro atoms. The smallest absolute Gasteiger partial charge is 0.324 e. The van der Waals surface area contributed by atoms with E-state index in [4.69, 9.17) is 9.47 Å². The van der Waals surface area contributed by atoms with Crippen molar-refractivity contribution in [3.05, 3.63) is 24.3 Å². The molecule has 0 unspecified atom stereocenters. The lowest BCUT2D eigenvalue weighted by atomic mass is 10.3. The number of carbonyl (C=O) groups is 2. The lowest BCUT2D eigenvalue weighted by Crippen LogP contribution is -2.41. The third-order valence-corrected chi connectivity index (χ3v) is 4.71. The first-order valence-corrected chi connectivity index (χ1v) is 9.53. The van der Waals surface area contributed by atoms with Crippen LogP contribution in [0.4, 0.5) is 5.69 Å². The number of anilines is 1. The molecule has 2 N–H and O–H groups in total. The molecule has 0 saturated heterocycles. The molecule has 25 heavy (non-hydrogen) atoms. The van der Waals surface area contributed by atoms with Gasteiger partial charge in [0.1, 0.15) is 11.8 Å². The van der Waals surface area contributed by atoms with Gasteiger partial charge in [0.15, 0.2) is 6.61 Å². The number of carbonyl (C=O) groups excluding carboxylic acids is 2. The molecule has 1 rings (SSSR count). The summed E-state index contributed by atoms with van der Waals surface area (Å²) in [4.78, 5) is 23.6. The highest BCUT2D eigenvalue weighted by Gasteiger charge is 2.21. The van der Waals surface area contributed by atoms with Crippen LogP contribution in [0, 0.1) is 0 Å².